The Morgan fingerprint density at radius 3 is 2.70 bits per heavy atom. The number of ether oxygens (including phenoxy) is 1. The average molecular weight is 334 g/mol. The molecule has 23 heavy (non-hydrogen) atoms. The van der Waals surface area contributed by atoms with E-state index in [1.165, 1.54) is 11.4 Å². The molecule has 0 N–H and O–H groups in total. The summed E-state index contributed by atoms with van der Waals surface area (Å²) in [4.78, 5) is 15.9. The van der Waals surface area contributed by atoms with Gasteiger partial charge in [-0.15, -0.1) is 0 Å². The average Bonchev–Trinajstić information content (AvgIpc) is 2.60. The van der Waals surface area contributed by atoms with Crippen LogP contribution in [0.25, 0.3) is 10.8 Å². The van der Waals surface area contributed by atoms with Crippen molar-refractivity contribution in [1.29, 1.82) is 0 Å². The van der Waals surface area contributed by atoms with Gasteiger partial charge in [0, 0.05) is 36.3 Å². The van der Waals surface area contributed by atoms with Crippen LogP contribution in [0.3, 0.4) is 0 Å². The van der Waals surface area contributed by atoms with Crippen LogP contribution in [0.4, 0.5) is 0 Å². The molecule has 1 aliphatic heterocycles. The number of aromatic nitrogens is 1. The number of sulfonamides is 1. The van der Waals surface area contributed by atoms with E-state index in [0.29, 0.717) is 31.3 Å². The zero-order valence-corrected chi connectivity index (χ0v) is 13.6. The molecule has 0 bridgehead atoms. The summed E-state index contributed by atoms with van der Waals surface area (Å²) in [7, 11) is -2.23. The fraction of sp³-hybridized carbons (Fsp3) is 0.375. The number of esters is 1. The molecule has 2 heterocycles. The molecule has 0 aliphatic carbocycles. The fourth-order valence-corrected chi connectivity index (χ4v) is 4.64. The number of hydrogen-bond acceptors (Lipinski definition) is 5. The Morgan fingerprint density at radius 2 is 2.00 bits per heavy atom. The van der Waals surface area contributed by atoms with E-state index < -0.39 is 10.0 Å². The number of methoxy groups -OCH3 is 1. The van der Waals surface area contributed by atoms with E-state index in [1.54, 1.807) is 30.6 Å². The van der Waals surface area contributed by atoms with Gasteiger partial charge in [0.05, 0.1) is 17.9 Å². The molecule has 0 radical (unpaired) electrons. The minimum atomic E-state index is -3.59. The van der Waals surface area contributed by atoms with Crippen LogP contribution < -0.4 is 0 Å². The lowest BCUT2D eigenvalue weighted by atomic mass is 9.99. The molecular formula is C16H18N2O4S. The number of rotatable bonds is 3. The van der Waals surface area contributed by atoms with Crippen molar-refractivity contribution in [3.05, 3.63) is 36.7 Å². The molecule has 1 fully saturated rings. The van der Waals surface area contributed by atoms with Gasteiger partial charge < -0.3 is 4.74 Å². The Labute approximate surface area is 135 Å². The van der Waals surface area contributed by atoms with Crippen LogP contribution in [0.5, 0.6) is 0 Å². The first kappa shape index (κ1) is 15.9. The van der Waals surface area contributed by atoms with Crippen molar-refractivity contribution in [2.45, 2.75) is 17.7 Å². The predicted molar refractivity (Wildman–Crippen MR) is 85.2 cm³/mol. The van der Waals surface area contributed by atoms with Gasteiger partial charge in [0.15, 0.2) is 0 Å². The monoisotopic (exact) mass is 334 g/mol. The molecule has 0 saturated carbocycles. The zero-order chi connectivity index (χ0) is 16.4. The molecule has 0 spiro atoms. The van der Waals surface area contributed by atoms with Crippen LogP contribution >= 0.6 is 0 Å². The minimum absolute atomic E-state index is 0.219. The molecule has 1 aliphatic rings. The smallest absolute Gasteiger partial charge is 0.308 e. The predicted octanol–water partition coefficient (Wildman–Crippen LogP) is 1.81. The normalized spacial score (nSPS) is 17.3. The summed E-state index contributed by atoms with van der Waals surface area (Å²) in [5, 5.41) is 1.45. The molecule has 0 unspecified atom stereocenters. The van der Waals surface area contributed by atoms with Crippen LogP contribution in [0.1, 0.15) is 12.8 Å². The first-order valence-corrected chi connectivity index (χ1v) is 8.89. The summed E-state index contributed by atoms with van der Waals surface area (Å²) in [6, 6.07) is 6.89. The molecule has 1 aromatic carbocycles. The summed E-state index contributed by atoms with van der Waals surface area (Å²) in [6.07, 6.45) is 4.21. The van der Waals surface area contributed by atoms with Gasteiger partial charge in [-0.3, -0.25) is 9.78 Å². The van der Waals surface area contributed by atoms with Gasteiger partial charge in [-0.1, -0.05) is 12.1 Å². The first-order valence-electron chi connectivity index (χ1n) is 7.45. The van der Waals surface area contributed by atoms with Crippen molar-refractivity contribution < 1.29 is 17.9 Å². The second-order valence-electron chi connectivity index (χ2n) is 5.55. The van der Waals surface area contributed by atoms with Crippen molar-refractivity contribution in [3.63, 3.8) is 0 Å². The van der Waals surface area contributed by atoms with Gasteiger partial charge in [-0.2, -0.15) is 4.31 Å². The third-order valence-corrected chi connectivity index (χ3v) is 6.20. The highest BCUT2D eigenvalue weighted by molar-refractivity contribution is 7.89. The minimum Gasteiger partial charge on any atom is -0.469 e. The largest absolute Gasteiger partial charge is 0.469 e. The maximum atomic E-state index is 12.9. The van der Waals surface area contributed by atoms with Crippen LogP contribution in [-0.2, 0) is 19.6 Å². The summed E-state index contributed by atoms with van der Waals surface area (Å²) in [5.41, 5.74) is 0. The third-order valence-electron chi connectivity index (χ3n) is 4.25. The summed E-state index contributed by atoms with van der Waals surface area (Å²) in [5.74, 6) is -0.485. The molecule has 6 nitrogen and oxygen atoms in total. The maximum absolute atomic E-state index is 12.9. The van der Waals surface area contributed by atoms with Crippen molar-refractivity contribution >= 4 is 26.8 Å². The molecular weight excluding hydrogens is 316 g/mol. The second-order valence-corrected chi connectivity index (χ2v) is 7.46. The van der Waals surface area contributed by atoms with E-state index in [4.69, 9.17) is 4.74 Å². The fourth-order valence-electron chi connectivity index (χ4n) is 2.96. The molecule has 122 valence electrons. The van der Waals surface area contributed by atoms with Gasteiger partial charge in [-0.25, -0.2) is 8.42 Å². The molecule has 2 aromatic rings. The molecule has 7 heteroatoms. The van der Waals surface area contributed by atoms with E-state index in [9.17, 15) is 13.2 Å². The Kier molecular flexibility index (Phi) is 4.32. The van der Waals surface area contributed by atoms with Crippen LogP contribution in [-0.4, -0.2) is 43.9 Å². The second kappa shape index (κ2) is 6.25. The van der Waals surface area contributed by atoms with Gasteiger partial charge in [0.25, 0.3) is 0 Å². The van der Waals surface area contributed by atoms with Gasteiger partial charge in [-0.05, 0) is 25.0 Å². The lowest BCUT2D eigenvalue weighted by Gasteiger charge is -2.30. The van der Waals surface area contributed by atoms with Gasteiger partial charge >= 0.3 is 5.97 Å². The molecule has 0 amide bonds. The highest BCUT2D eigenvalue weighted by atomic mass is 32.2. The standard InChI is InChI=1S/C16H18N2O4S/c1-22-16(19)12-6-9-18(10-7-12)23(20,21)15-4-2-3-13-11-17-8-5-14(13)15/h2-5,8,11-12H,6-7,9-10H2,1H3. The number of hydrogen-bond donors (Lipinski definition) is 0. The van der Waals surface area contributed by atoms with Crippen molar-refractivity contribution in [2.24, 2.45) is 5.92 Å². The topological polar surface area (TPSA) is 76.6 Å². The van der Waals surface area contributed by atoms with E-state index in [2.05, 4.69) is 4.98 Å². The van der Waals surface area contributed by atoms with Gasteiger partial charge in [0.1, 0.15) is 0 Å². The third kappa shape index (κ3) is 2.94. The van der Waals surface area contributed by atoms with E-state index in [-0.39, 0.29) is 16.8 Å². The lowest BCUT2D eigenvalue weighted by Crippen LogP contribution is -2.40. The number of nitrogens with zero attached hydrogens (tertiary/aromatic N) is 2. The van der Waals surface area contributed by atoms with Crippen molar-refractivity contribution in [2.75, 3.05) is 20.2 Å². The molecule has 1 aromatic heterocycles. The zero-order valence-electron chi connectivity index (χ0n) is 12.8. The van der Waals surface area contributed by atoms with Crippen molar-refractivity contribution in [1.82, 2.24) is 9.29 Å². The number of carbonyl (C=O) groups excluding carboxylic acids is 1. The highest BCUT2D eigenvalue weighted by Crippen LogP contribution is 2.28. The first-order chi connectivity index (χ1) is 11.0. The van der Waals surface area contributed by atoms with Crippen LogP contribution in [0, 0.1) is 5.92 Å². The summed E-state index contributed by atoms with van der Waals surface area (Å²) < 4.78 is 32.1. The highest BCUT2D eigenvalue weighted by Gasteiger charge is 2.33. The Bertz CT molecular complexity index is 822. The van der Waals surface area contributed by atoms with E-state index >= 15 is 0 Å². The van der Waals surface area contributed by atoms with Crippen molar-refractivity contribution in [3.8, 4) is 0 Å². The van der Waals surface area contributed by atoms with Gasteiger partial charge in [0.2, 0.25) is 10.0 Å². The summed E-state index contributed by atoms with van der Waals surface area (Å²) >= 11 is 0. The van der Waals surface area contributed by atoms with E-state index in [0.717, 1.165) is 5.39 Å². The maximum Gasteiger partial charge on any atom is 0.308 e. The lowest BCUT2D eigenvalue weighted by molar-refractivity contribution is -0.146. The molecule has 0 atom stereocenters. The Balaban J connectivity index is 1.89. The van der Waals surface area contributed by atoms with E-state index in [1.807, 2.05) is 6.07 Å². The number of carbonyl (C=O) groups is 1. The summed E-state index contributed by atoms with van der Waals surface area (Å²) in [6.45, 7) is 0.646. The Morgan fingerprint density at radius 1 is 1.26 bits per heavy atom. The SMILES string of the molecule is COC(=O)C1CCN(S(=O)(=O)c2cccc3cnccc23)CC1. The number of pyridine rings is 1. The Hall–Kier alpha value is -1.99. The van der Waals surface area contributed by atoms with Crippen LogP contribution in [0.2, 0.25) is 0 Å². The number of fused-ring (bicyclic) bond motifs is 1. The number of piperidine rings is 1. The van der Waals surface area contributed by atoms with Crippen LogP contribution in [0.15, 0.2) is 41.6 Å². The molecule has 1 saturated heterocycles. The number of benzene rings is 1. The quantitative estimate of drug-likeness (QED) is 0.800. The molecule has 3 rings (SSSR count).